The van der Waals surface area contributed by atoms with E-state index in [1.54, 1.807) is 29.2 Å². The van der Waals surface area contributed by atoms with Gasteiger partial charge in [-0.15, -0.1) is 11.3 Å². The monoisotopic (exact) mass is 413 g/mol. The van der Waals surface area contributed by atoms with Gasteiger partial charge in [0.05, 0.1) is 18.8 Å². The Morgan fingerprint density at radius 2 is 2.03 bits per heavy atom. The number of Topliss-reactive ketones (excluding diaryl/α,β-unsaturated/α-hetero) is 2. The van der Waals surface area contributed by atoms with Crippen LogP contribution in [0.1, 0.15) is 41.0 Å². The van der Waals surface area contributed by atoms with E-state index < -0.39 is 23.7 Å². The third-order valence-electron chi connectivity index (χ3n) is 5.40. The van der Waals surface area contributed by atoms with E-state index in [-0.39, 0.29) is 11.9 Å². The van der Waals surface area contributed by atoms with Crippen LogP contribution in [0.2, 0.25) is 0 Å². The maximum Gasteiger partial charge on any atom is 0.291 e. The van der Waals surface area contributed by atoms with Gasteiger partial charge in [0.15, 0.2) is 5.78 Å². The zero-order valence-electron chi connectivity index (χ0n) is 16.2. The van der Waals surface area contributed by atoms with Gasteiger partial charge in [0.1, 0.15) is 11.7 Å². The van der Waals surface area contributed by atoms with Crippen LogP contribution >= 0.6 is 11.3 Å². The van der Waals surface area contributed by atoms with E-state index in [1.807, 2.05) is 24.4 Å². The lowest BCUT2D eigenvalue weighted by Crippen LogP contribution is -2.36. The van der Waals surface area contributed by atoms with Crippen molar-refractivity contribution in [2.45, 2.75) is 31.9 Å². The summed E-state index contributed by atoms with van der Waals surface area (Å²) in [4.78, 5) is 41.4. The van der Waals surface area contributed by atoms with E-state index >= 15 is 0 Å². The van der Waals surface area contributed by atoms with Crippen molar-refractivity contribution in [2.24, 2.45) is 5.92 Å². The van der Waals surface area contributed by atoms with Crippen molar-refractivity contribution in [3.05, 3.63) is 52.2 Å². The first-order chi connectivity index (χ1) is 14.1. The van der Waals surface area contributed by atoms with Crippen molar-refractivity contribution >= 4 is 28.8 Å². The minimum atomic E-state index is -1.04. The Kier molecular flexibility index (Phi) is 5.78. The predicted molar refractivity (Wildman–Crippen MR) is 108 cm³/mol. The third-order valence-corrected chi connectivity index (χ3v) is 6.34. The summed E-state index contributed by atoms with van der Waals surface area (Å²) >= 11 is 1.45. The van der Waals surface area contributed by atoms with Crippen LogP contribution in [0.3, 0.4) is 0 Å². The highest BCUT2D eigenvalue weighted by Crippen LogP contribution is 2.40. The van der Waals surface area contributed by atoms with Crippen LogP contribution in [0, 0.1) is 5.92 Å². The lowest BCUT2D eigenvalue weighted by Gasteiger charge is -2.28. The van der Waals surface area contributed by atoms with Gasteiger partial charge in [0.25, 0.3) is 5.91 Å². The number of benzene rings is 1. The van der Waals surface area contributed by atoms with Gasteiger partial charge in [0, 0.05) is 23.6 Å². The van der Waals surface area contributed by atoms with Gasteiger partial charge in [-0.1, -0.05) is 6.07 Å². The molecule has 3 unspecified atom stereocenters. The summed E-state index contributed by atoms with van der Waals surface area (Å²) in [5, 5.41) is 1.89. The molecule has 0 spiro atoms. The molecule has 2 aliphatic rings. The molecule has 0 radical (unpaired) electrons. The van der Waals surface area contributed by atoms with Gasteiger partial charge < -0.3 is 14.4 Å². The molecule has 29 heavy (non-hydrogen) atoms. The van der Waals surface area contributed by atoms with Crippen molar-refractivity contribution in [3.8, 4) is 5.75 Å². The van der Waals surface area contributed by atoms with E-state index in [0.717, 1.165) is 17.7 Å². The Morgan fingerprint density at radius 1 is 1.24 bits per heavy atom. The number of ketones is 2. The SMILES string of the molecule is CCOc1ccc(C(=O)C2C(=O)C(=O)N(CC3CCCO3)C2c2cccs2)cc1. The number of thiophene rings is 1. The highest BCUT2D eigenvalue weighted by Gasteiger charge is 2.52. The van der Waals surface area contributed by atoms with Crippen LogP contribution in [0.25, 0.3) is 0 Å². The Bertz CT molecular complexity index is 886. The number of hydrogen-bond acceptors (Lipinski definition) is 6. The molecule has 3 atom stereocenters. The lowest BCUT2D eigenvalue weighted by atomic mass is 9.89. The second-order valence-corrected chi connectivity index (χ2v) is 8.20. The Hall–Kier alpha value is -2.51. The average molecular weight is 413 g/mol. The quantitative estimate of drug-likeness (QED) is 0.396. The molecule has 0 N–H and O–H groups in total. The molecule has 0 saturated carbocycles. The van der Waals surface area contributed by atoms with Gasteiger partial charge >= 0.3 is 0 Å². The molecule has 0 aliphatic carbocycles. The van der Waals surface area contributed by atoms with E-state index in [9.17, 15) is 14.4 Å². The molecule has 4 rings (SSSR count). The molecule has 2 saturated heterocycles. The zero-order chi connectivity index (χ0) is 20.4. The molecule has 2 aliphatic heterocycles. The summed E-state index contributed by atoms with van der Waals surface area (Å²) in [5.41, 5.74) is 0.403. The number of amides is 1. The fourth-order valence-electron chi connectivity index (χ4n) is 4.03. The van der Waals surface area contributed by atoms with Gasteiger partial charge in [-0.25, -0.2) is 0 Å². The van der Waals surface area contributed by atoms with Crippen molar-refractivity contribution in [3.63, 3.8) is 0 Å². The summed E-state index contributed by atoms with van der Waals surface area (Å²) in [6, 6.07) is 9.89. The molecule has 1 amide bonds. The fourth-order valence-corrected chi connectivity index (χ4v) is 4.90. The fraction of sp³-hybridized carbons (Fsp3) is 0.409. The molecule has 7 heteroatoms. The second-order valence-electron chi connectivity index (χ2n) is 7.22. The summed E-state index contributed by atoms with van der Waals surface area (Å²) in [7, 11) is 0. The highest BCUT2D eigenvalue weighted by atomic mass is 32.1. The van der Waals surface area contributed by atoms with Gasteiger partial charge in [-0.05, 0) is 55.5 Å². The number of hydrogen-bond donors (Lipinski definition) is 0. The first kappa shape index (κ1) is 19.8. The first-order valence-electron chi connectivity index (χ1n) is 9.87. The number of carbonyl (C=O) groups is 3. The Labute approximate surface area is 173 Å². The molecule has 152 valence electrons. The summed E-state index contributed by atoms with van der Waals surface area (Å²) < 4.78 is 11.1. The average Bonchev–Trinajstić information content (AvgIpc) is 3.47. The van der Waals surface area contributed by atoms with Crippen LogP contribution in [-0.4, -0.2) is 48.2 Å². The highest BCUT2D eigenvalue weighted by molar-refractivity contribution is 7.10. The van der Waals surface area contributed by atoms with Crippen LogP contribution in [-0.2, 0) is 14.3 Å². The van der Waals surface area contributed by atoms with Crippen LogP contribution < -0.4 is 4.74 Å². The minimum absolute atomic E-state index is 0.0893. The van der Waals surface area contributed by atoms with E-state index in [0.29, 0.717) is 31.1 Å². The zero-order valence-corrected chi connectivity index (χ0v) is 17.0. The van der Waals surface area contributed by atoms with Crippen molar-refractivity contribution in [1.29, 1.82) is 0 Å². The summed E-state index contributed by atoms with van der Waals surface area (Å²) in [6.07, 6.45) is 1.71. The molecule has 6 nitrogen and oxygen atoms in total. The molecule has 2 fully saturated rings. The largest absolute Gasteiger partial charge is 0.494 e. The third kappa shape index (κ3) is 3.84. The smallest absolute Gasteiger partial charge is 0.291 e. The topological polar surface area (TPSA) is 72.9 Å². The standard InChI is InChI=1S/C22H23NO5S/c1-2-27-15-9-7-14(8-10-15)20(24)18-19(17-6-4-12-29-17)23(22(26)21(18)25)13-16-5-3-11-28-16/h4,6-10,12,16,18-19H,2-3,5,11,13H2,1H3. The summed E-state index contributed by atoms with van der Waals surface area (Å²) in [5.74, 6) is -1.95. The lowest BCUT2D eigenvalue weighted by molar-refractivity contribution is -0.141. The first-order valence-corrected chi connectivity index (χ1v) is 10.7. The van der Waals surface area contributed by atoms with Gasteiger partial charge in [0.2, 0.25) is 5.78 Å². The number of nitrogens with zero attached hydrogens (tertiary/aromatic N) is 1. The van der Waals surface area contributed by atoms with E-state index in [4.69, 9.17) is 9.47 Å². The van der Waals surface area contributed by atoms with Crippen molar-refractivity contribution < 1.29 is 23.9 Å². The van der Waals surface area contributed by atoms with Gasteiger partial charge in [-0.2, -0.15) is 0 Å². The maximum absolute atomic E-state index is 13.3. The molecule has 1 aromatic carbocycles. The molecule has 2 aromatic rings. The molecule has 3 heterocycles. The van der Waals surface area contributed by atoms with Crippen LogP contribution in [0.15, 0.2) is 41.8 Å². The Balaban J connectivity index is 1.65. The molecule has 0 bridgehead atoms. The van der Waals surface area contributed by atoms with Gasteiger partial charge in [-0.3, -0.25) is 14.4 Å². The molecule has 1 aromatic heterocycles. The molecular formula is C22H23NO5S. The van der Waals surface area contributed by atoms with Crippen molar-refractivity contribution in [2.75, 3.05) is 19.8 Å². The minimum Gasteiger partial charge on any atom is -0.494 e. The number of likely N-dealkylation sites (tertiary alicyclic amines) is 1. The normalized spacial score (nSPS) is 24.3. The predicted octanol–water partition coefficient (Wildman–Crippen LogP) is 3.28. The van der Waals surface area contributed by atoms with E-state index in [2.05, 4.69) is 0 Å². The van der Waals surface area contributed by atoms with Crippen LogP contribution in [0.5, 0.6) is 5.75 Å². The number of rotatable bonds is 7. The maximum atomic E-state index is 13.3. The number of carbonyl (C=O) groups excluding carboxylic acids is 3. The second kappa shape index (κ2) is 8.47. The Morgan fingerprint density at radius 3 is 2.66 bits per heavy atom. The summed E-state index contributed by atoms with van der Waals surface area (Å²) in [6.45, 7) is 3.41. The van der Waals surface area contributed by atoms with Crippen LogP contribution in [0.4, 0.5) is 0 Å². The molecular weight excluding hydrogens is 390 g/mol. The van der Waals surface area contributed by atoms with E-state index in [1.165, 1.54) is 11.3 Å². The van der Waals surface area contributed by atoms with Crippen molar-refractivity contribution in [1.82, 2.24) is 4.90 Å². The number of ether oxygens (including phenoxy) is 2.